The van der Waals surface area contributed by atoms with E-state index in [1.165, 1.54) is 9.80 Å². The number of hydrogen-bond acceptors (Lipinski definition) is 11. The van der Waals surface area contributed by atoms with Crippen molar-refractivity contribution in [3.8, 4) is 0 Å². The number of piperazine rings is 2. The molecule has 0 aromatic heterocycles. The molecule has 3 heterocycles. The van der Waals surface area contributed by atoms with Gasteiger partial charge in [0, 0.05) is 45.8 Å². The zero-order valence-corrected chi connectivity index (χ0v) is 26.7. The summed E-state index contributed by atoms with van der Waals surface area (Å²) >= 11 is 0. The van der Waals surface area contributed by atoms with E-state index in [2.05, 4.69) is 16.0 Å². The SMILES string of the molecule is CCN1CCN(C(=O)NCCCC(NC(=O)N2CCN(CC)C(=O)C2=O)C(=O)NC2CN(S(=O)(=O)[O-])C2=O)C(=O)C1=O.[Na+]. The van der Waals surface area contributed by atoms with Crippen molar-refractivity contribution in [3.63, 3.8) is 0 Å². The number of β-lactam (4-membered cyclic amide) rings is 1. The molecule has 3 rings (SSSR count). The maximum absolute atomic E-state index is 12.9. The molecule has 0 radical (unpaired) electrons. The topological polar surface area (TPSA) is 246 Å². The van der Waals surface area contributed by atoms with Crippen LogP contribution in [0.2, 0.25) is 0 Å². The summed E-state index contributed by atoms with van der Waals surface area (Å²) in [4.78, 5) is 103. The second-order valence-corrected chi connectivity index (χ2v) is 10.7. The molecule has 19 nitrogen and oxygen atoms in total. The Kier molecular flexibility index (Phi) is 12.4. The van der Waals surface area contributed by atoms with Gasteiger partial charge in [-0.05, 0) is 26.7 Å². The number of urea groups is 2. The van der Waals surface area contributed by atoms with Crippen molar-refractivity contribution in [2.45, 2.75) is 38.8 Å². The van der Waals surface area contributed by atoms with Crippen molar-refractivity contribution >= 4 is 57.8 Å². The summed E-state index contributed by atoms with van der Waals surface area (Å²) in [5, 5.41) is 6.97. The van der Waals surface area contributed by atoms with E-state index >= 15 is 0 Å². The summed E-state index contributed by atoms with van der Waals surface area (Å²) in [6.07, 6.45) is -0.173. The summed E-state index contributed by atoms with van der Waals surface area (Å²) in [6.45, 7) is 3.23. The zero-order valence-electron chi connectivity index (χ0n) is 23.9. The first-order chi connectivity index (χ1) is 19.7. The van der Waals surface area contributed by atoms with Crippen LogP contribution < -0.4 is 45.5 Å². The van der Waals surface area contributed by atoms with Gasteiger partial charge in [-0.3, -0.25) is 38.6 Å². The van der Waals surface area contributed by atoms with Crippen molar-refractivity contribution in [2.24, 2.45) is 0 Å². The standard InChI is InChI=1S/C22H32N8O11S.Na/c1-3-26-8-10-28(19(35)17(26)33)21(37)23-7-5-6-13(15(31)24-14-12-30(16(14)32)42(39,40)41)25-22(38)29-11-9-27(4-2)18(34)20(29)36;/h13-14H,3-12H2,1-2H3,(H,23,37)(H,24,31)(H,25,38)(H,39,40,41);/q;+1/p-1. The zero-order chi connectivity index (χ0) is 31.4. The number of imide groups is 2. The molecule has 0 bridgehead atoms. The van der Waals surface area contributed by atoms with Gasteiger partial charge in [-0.1, -0.05) is 0 Å². The molecule has 10 amide bonds. The Balaban J connectivity index is 0.00000645. The number of rotatable bonds is 10. The Bertz CT molecular complexity index is 1300. The molecule has 2 unspecified atom stereocenters. The maximum Gasteiger partial charge on any atom is 1.00 e. The van der Waals surface area contributed by atoms with Crippen molar-refractivity contribution < 1.29 is 80.9 Å². The summed E-state index contributed by atoms with van der Waals surface area (Å²) in [6, 6.07) is -4.70. The minimum Gasteiger partial charge on any atom is -0.731 e. The minimum atomic E-state index is -5.06. The monoisotopic (exact) mass is 638 g/mol. The largest absolute Gasteiger partial charge is 1.00 e. The third-order valence-electron chi connectivity index (χ3n) is 6.91. The molecule has 0 saturated carbocycles. The number of carbonyl (C=O) groups is 8. The number of carbonyl (C=O) groups excluding carboxylic acids is 8. The van der Waals surface area contributed by atoms with E-state index in [0.29, 0.717) is 11.4 Å². The maximum atomic E-state index is 12.9. The van der Waals surface area contributed by atoms with E-state index in [0.717, 1.165) is 4.90 Å². The van der Waals surface area contributed by atoms with E-state index < -0.39 is 76.4 Å². The second kappa shape index (κ2) is 14.9. The summed E-state index contributed by atoms with van der Waals surface area (Å²) < 4.78 is 33.2. The van der Waals surface area contributed by atoms with Gasteiger partial charge in [-0.25, -0.2) is 22.3 Å². The minimum absolute atomic E-state index is 0. The number of nitrogens with one attached hydrogen (secondary N) is 3. The van der Waals surface area contributed by atoms with E-state index in [1.807, 2.05) is 0 Å². The predicted octanol–water partition coefficient (Wildman–Crippen LogP) is -7.27. The molecule has 3 N–H and O–H groups in total. The summed E-state index contributed by atoms with van der Waals surface area (Å²) in [5.41, 5.74) is 0. The molecule has 21 heteroatoms. The average molecular weight is 639 g/mol. The smallest absolute Gasteiger partial charge is 0.731 e. The third kappa shape index (κ3) is 8.19. The quantitative estimate of drug-likeness (QED) is 0.0667. The van der Waals surface area contributed by atoms with E-state index in [9.17, 15) is 51.3 Å². The van der Waals surface area contributed by atoms with Gasteiger partial charge in [0.25, 0.3) is 5.91 Å². The first kappa shape index (κ1) is 35.9. The Hall–Kier alpha value is -3.33. The van der Waals surface area contributed by atoms with Crippen molar-refractivity contribution in [3.05, 3.63) is 0 Å². The molecule has 0 aromatic rings. The Labute approximate surface area is 268 Å². The fourth-order valence-corrected chi connectivity index (χ4v) is 5.09. The molecule has 0 spiro atoms. The van der Waals surface area contributed by atoms with Gasteiger partial charge in [-0.2, -0.15) is 0 Å². The number of likely N-dealkylation sites (N-methyl/N-ethyl adjacent to an activating group) is 2. The van der Waals surface area contributed by atoms with Crippen LogP contribution in [0.3, 0.4) is 0 Å². The molecule has 0 aromatic carbocycles. The van der Waals surface area contributed by atoms with Crippen molar-refractivity contribution in [2.75, 3.05) is 52.4 Å². The molecular weight excluding hydrogens is 607 g/mol. The van der Waals surface area contributed by atoms with Gasteiger partial charge in [0.2, 0.25) is 5.91 Å². The number of nitrogens with zero attached hydrogens (tertiary/aromatic N) is 5. The van der Waals surface area contributed by atoms with Crippen LogP contribution in [0.1, 0.15) is 26.7 Å². The van der Waals surface area contributed by atoms with E-state index in [1.54, 1.807) is 13.8 Å². The Morgan fingerprint density at radius 3 is 1.84 bits per heavy atom. The van der Waals surface area contributed by atoms with Gasteiger partial charge in [0.15, 0.2) is 10.3 Å². The molecule has 43 heavy (non-hydrogen) atoms. The average Bonchev–Trinajstić information content (AvgIpc) is 2.93. The van der Waals surface area contributed by atoms with E-state index in [4.69, 9.17) is 0 Å². The van der Waals surface area contributed by atoms with Gasteiger partial charge in [-0.15, -0.1) is 0 Å². The van der Waals surface area contributed by atoms with Crippen LogP contribution in [0.5, 0.6) is 0 Å². The van der Waals surface area contributed by atoms with Crippen molar-refractivity contribution in [1.82, 2.24) is 39.9 Å². The molecule has 3 fully saturated rings. The second-order valence-electron chi connectivity index (χ2n) is 9.45. The molecular formula is C22H31N8NaO11S. The molecule has 232 valence electrons. The van der Waals surface area contributed by atoms with Crippen LogP contribution in [0.15, 0.2) is 0 Å². The third-order valence-corrected chi connectivity index (χ3v) is 7.78. The molecule has 3 aliphatic heterocycles. The van der Waals surface area contributed by atoms with Crippen LogP contribution in [-0.2, 0) is 39.1 Å². The predicted molar refractivity (Wildman–Crippen MR) is 136 cm³/mol. The van der Waals surface area contributed by atoms with Gasteiger partial charge in [0.05, 0.1) is 6.54 Å². The summed E-state index contributed by atoms with van der Waals surface area (Å²) in [5.74, 6) is -5.96. The van der Waals surface area contributed by atoms with E-state index in [-0.39, 0.29) is 86.0 Å². The van der Waals surface area contributed by atoms with Crippen LogP contribution in [-0.4, -0.2) is 149 Å². The fourth-order valence-electron chi connectivity index (χ4n) is 4.41. The molecule has 3 aliphatic rings. The Morgan fingerprint density at radius 1 is 0.860 bits per heavy atom. The first-order valence-corrected chi connectivity index (χ1v) is 14.4. The van der Waals surface area contributed by atoms with Crippen LogP contribution in [0, 0.1) is 0 Å². The van der Waals surface area contributed by atoms with Crippen molar-refractivity contribution in [1.29, 1.82) is 0 Å². The number of hydrogen-bond donors (Lipinski definition) is 3. The first-order valence-electron chi connectivity index (χ1n) is 13.1. The fraction of sp³-hybridized carbons (Fsp3) is 0.636. The normalized spacial score (nSPS) is 19.9. The summed E-state index contributed by atoms with van der Waals surface area (Å²) in [7, 11) is -5.06. The molecule has 3 saturated heterocycles. The van der Waals surface area contributed by atoms with Gasteiger partial charge < -0.3 is 30.3 Å². The number of amides is 10. The molecule has 0 aliphatic carbocycles. The van der Waals surface area contributed by atoms with Gasteiger partial charge >= 0.3 is 65.2 Å². The molecule has 2 atom stereocenters. The van der Waals surface area contributed by atoms with Crippen LogP contribution in [0.4, 0.5) is 9.59 Å². The van der Waals surface area contributed by atoms with Crippen LogP contribution >= 0.6 is 0 Å². The Morgan fingerprint density at radius 2 is 1.37 bits per heavy atom. The van der Waals surface area contributed by atoms with Crippen LogP contribution in [0.25, 0.3) is 0 Å². The van der Waals surface area contributed by atoms with Gasteiger partial charge in [0.1, 0.15) is 12.1 Å².